The number of carbonyl (C=O) groups is 2. The Bertz CT molecular complexity index is 277. The van der Waals surface area contributed by atoms with Crippen molar-refractivity contribution in [2.24, 2.45) is 0 Å². The van der Waals surface area contributed by atoms with Crippen molar-refractivity contribution in [2.75, 3.05) is 13.2 Å². The van der Waals surface area contributed by atoms with Gasteiger partial charge >= 0.3 is 12.2 Å². The maximum Gasteiger partial charge on any atom is 0.429 e. The summed E-state index contributed by atoms with van der Waals surface area (Å²) in [5, 5.41) is 1.28. The summed E-state index contributed by atoms with van der Waals surface area (Å²) in [6.07, 6.45) is 3.92. The molecule has 104 valence electrons. The summed E-state index contributed by atoms with van der Waals surface area (Å²) in [6, 6.07) is 0.00204. The average molecular weight is 258 g/mol. The minimum Gasteiger partial charge on any atom is -0.449 e. The third-order valence-electron chi connectivity index (χ3n) is 2.89. The van der Waals surface area contributed by atoms with E-state index in [4.69, 9.17) is 9.47 Å². The first kappa shape index (κ1) is 14.6. The van der Waals surface area contributed by atoms with Crippen LogP contribution in [0.3, 0.4) is 0 Å². The molecule has 2 amide bonds. The molecule has 0 saturated heterocycles. The van der Waals surface area contributed by atoms with Crippen molar-refractivity contribution in [3.63, 3.8) is 0 Å². The molecule has 18 heavy (non-hydrogen) atoms. The molecule has 1 aliphatic rings. The Balaban J connectivity index is 2.61. The van der Waals surface area contributed by atoms with E-state index in [0.717, 1.165) is 25.7 Å². The Morgan fingerprint density at radius 2 is 1.72 bits per heavy atom. The summed E-state index contributed by atoms with van der Waals surface area (Å²) in [4.78, 5) is 23.2. The van der Waals surface area contributed by atoms with Crippen LogP contribution in [0.4, 0.5) is 9.59 Å². The van der Waals surface area contributed by atoms with Gasteiger partial charge in [0, 0.05) is 0 Å². The number of hydrazine groups is 1. The Labute approximate surface area is 108 Å². The van der Waals surface area contributed by atoms with E-state index in [1.807, 2.05) is 0 Å². The number of hydrogen-bond donors (Lipinski definition) is 1. The Morgan fingerprint density at radius 3 is 2.28 bits per heavy atom. The van der Waals surface area contributed by atoms with E-state index in [9.17, 15) is 9.59 Å². The molecule has 0 aliphatic heterocycles. The SMILES string of the molecule is CCOC(=O)NN(C(=O)OCC)C1CCCCC1. The van der Waals surface area contributed by atoms with Gasteiger partial charge in [-0.05, 0) is 26.7 Å². The smallest absolute Gasteiger partial charge is 0.429 e. The zero-order valence-electron chi connectivity index (χ0n) is 11.1. The van der Waals surface area contributed by atoms with Crippen LogP contribution in [0.1, 0.15) is 46.0 Å². The van der Waals surface area contributed by atoms with Crippen LogP contribution in [-0.4, -0.2) is 36.5 Å². The molecule has 1 aliphatic carbocycles. The molecule has 1 rings (SSSR count). The van der Waals surface area contributed by atoms with E-state index in [1.54, 1.807) is 13.8 Å². The minimum absolute atomic E-state index is 0.00204. The van der Waals surface area contributed by atoms with Gasteiger partial charge in [-0.25, -0.2) is 20.0 Å². The van der Waals surface area contributed by atoms with E-state index in [2.05, 4.69) is 5.43 Å². The minimum atomic E-state index is -0.615. The predicted molar refractivity (Wildman–Crippen MR) is 65.9 cm³/mol. The highest BCUT2D eigenvalue weighted by Gasteiger charge is 2.28. The second-order valence-electron chi connectivity index (χ2n) is 4.19. The number of hydrogen-bond acceptors (Lipinski definition) is 4. The molecule has 0 atom stereocenters. The van der Waals surface area contributed by atoms with Crippen molar-refractivity contribution in [1.82, 2.24) is 10.4 Å². The number of amides is 2. The molecule has 6 nitrogen and oxygen atoms in total. The van der Waals surface area contributed by atoms with Crippen LogP contribution in [0.15, 0.2) is 0 Å². The van der Waals surface area contributed by atoms with Gasteiger partial charge in [-0.2, -0.15) is 0 Å². The van der Waals surface area contributed by atoms with Crippen LogP contribution in [0.5, 0.6) is 0 Å². The molecule has 1 fully saturated rings. The predicted octanol–water partition coefficient (Wildman–Crippen LogP) is 2.44. The van der Waals surface area contributed by atoms with Gasteiger partial charge in [0.05, 0.1) is 19.3 Å². The quantitative estimate of drug-likeness (QED) is 0.789. The fourth-order valence-electron chi connectivity index (χ4n) is 2.08. The molecule has 0 bridgehead atoms. The summed E-state index contributed by atoms with van der Waals surface area (Å²) >= 11 is 0. The van der Waals surface area contributed by atoms with Gasteiger partial charge in [-0.1, -0.05) is 19.3 Å². The van der Waals surface area contributed by atoms with Crippen LogP contribution in [0.25, 0.3) is 0 Å². The lowest BCUT2D eigenvalue weighted by Crippen LogP contribution is -2.52. The van der Waals surface area contributed by atoms with E-state index >= 15 is 0 Å². The van der Waals surface area contributed by atoms with Crippen molar-refractivity contribution in [2.45, 2.75) is 52.0 Å². The van der Waals surface area contributed by atoms with Crippen molar-refractivity contribution in [1.29, 1.82) is 0 Å². The van der Waals surface area contributed by atoms with Crippen molar-refractivity contribution >= 4 is 12.2 Å². The fraction of sp³-hybridized carbons (Fsp3) is 0.833. The van der Waals surface area contributed by atoms with Gasteiger partial charge in [0.1, 0.15) is 0 Å². The van der Waals surface area contributed by atoms with Gasteiger partial charge in [0.25, 0.3) is 0 Å². The normalized spacial score (nSPS) is 15.9. The first-order chi connectivity index (χ1) is 8.69. The lowest BCUT2D eigenvalue weighted by atomic mass is 9.95. The van der Waals surface area contributed by atoms with Crippen molar-refractivity contribution in [3.8, 4) is 0 Å². The van der Waals surface area contributed by atoms with Crippen LogP contribution < -0.4 is 5.43 Å². The highest BCUT2D eigenvalue weighted by molar-refractivity contribution is 5.74. The van der Waals surface area contributed by atoms with Crippen LogP contribution >= 0.6 is 0 Å². The number of nitrogens with zero attached hydrogens (tertiary/aromatic N) is 1. The molecule has 0 aromatic heterocycles. The van der Waals surface area contributed by atoms with Gasteiger partial charge in [-0.15, -0.1) is 0 Å². The topological polar surface area (TPSA) is 67.9 Å². The lowest BCUT2D eigenvalue weighted by Gasteiger charge is -2.32. The largest absolute Gasteiger partial charge is 0.449 e. The van der Waals surface area contributed by atoms with E-state index in [1.165, 1.54) is 11.4 Å². The monoisotopic (exact) mass is 258 g/mol. The summed E-state index contributed by atoms with van der Waals surface area (Å²) < 4.78 is 9.74. The highest BCUT2D eigenvalue weighted by Crippen LogP contribution is 2.22. The highest BCUT2D eigenvalue weighted by atomic mass is 16.6. The van der Waals surface area contributed by atoms with Crippen molar-refractivity contribution < 1.29 is 19.1 Å². The number of carbonyl (C=O) groups excluding carboxylic acids is 2. The van der Waals surface area contributed by atoms with Crippen molar-refractivity contribution in [3.05, 3.63) is 0 Å². The Hall–Kier alpha value is -1.46. The zero-order chi connectivity index (χ0) is 13.4. The van der Waals surface area contributed by atoms with Gasteiger partial charge in [-0.3, -0.25) is 0 Å². The molecule has 0 aromatic rings. The molecular formula is C12H22N2O4. The molecule has 1 N–H and O–H groups in total. The van der Waals surface area contributed by atoms with Crippen LogP contribution in [0, 0.1) is 0 Å². The van der Waals surface area contributed by atoms with Gasteiger partial charge < -0.3 is 9.47 Å². The fourth-order valence-corrected chi connectivity index (χ4v) is 2.08. The Morgan fingerprint density at radius 1 is 1.11 bits per heavy atom. The van der Waals surface area contributed by atoms with Crippen LogP contribution in [0.2, 0.25) is 0 Å². The second kappa shape index (κ2) is 7.79. The van der Waals surface area contributed by atoms with E-state index in [-0.39, 0.29) is 19.3 Å². The number of rotatable bonds is 3. The zero-order valence-corrected chi connectivity index (χ0v) is 11.1. The van der Waals surface area contributed by atoms with E-state index in [0.29, 0.717) is 0 Å². The van der Waals surface area contributed by atoms with Crippen LogP contribution in [-0.2, 0) is 9.47 Å². The molecule has 6 heteroatoms. The molecule has 0 spiro atoms. The molecule has 0 aromatic carbocycles. The standard InChI is InChI=1S/C12H22N2O4/c1-3-17-11(15)13-14(12(16)18-4-2)10-8-6-5-7-9-10/h10H,3-9H2,1-2H3,(H,13,15). The molecule has 1 saturated carbocycles. The lowest BCUT2D eigenvalue weighted by molar-refractivity contribution is 0.0463. The summed E-state index contributed by atoms with van der Waals surface area (Å²) in [7, 11) is 0. The molecule has 0 unspecified atom stereocenters. The summed E-state index contributed by atoms with van der Waals surface area (Å²) in [5.41, 5.74) is 2.47. The third kappa shape index (κ3) is 4.43. The molecule has 0 heterocycles. The first-order valence-corrected chi connectivity index (χ1v) is 6.58. The number of nitrogens with one attached hydrogen (secondary N) is 1. The first-order valence-electron chi connectivity index (χ1n) is 6.58. The third-order valence-corrected chi connectivity index (χ3v) is 2.89. The van der Waals surface area contributed by atoms with Gasteiger partial charge in [0.2, 0.25) is 0 Å². The summed E-state index contributed by atoms with van der Waals surface area (Å²) in [6.45, 7) is 4.01. The van der Waals surface area contributed by atoms with E-state index < -0.39 is 12.2 Å². The maximum atomic E-state index is 11.8. The summed E-state index contributed by atoms with van der Waals surface area (Å²) in [5.74, 6) is 0. The number of ether oxygens (including phenoxy) is 2. The van der Waals surface area contributed by atoms with Gasteiger partial charge in [0.15, 0.2) is 0 Å². The average Bonchev–Trinajstić information content (AvgIpc) is 2.37. The maximum absolute atomic E-state index is 11.8. The molecular weight excluding hydrogens is 236 g/mol. The second-order valence-corrected chi connectivity index (χ2v) is 4.19. The molecule has 0 radical (unpaired) electrons. The Kier molecular flexibility index (Phi) is 6.32.